The van der Waals surface area contributed by atoms with Gasteiger partial charge in [0.25, 0.3) is 5.91 Å². The predicted octanol–water partition coefficient (Wildman–Crippen LogP) is 3.05. The second kappa shape index (κ2) is 10.2. The Morgan fingerprint density at radius 3 is 2.34 bits per heavy atom. The van der Waals surface area contributed by atoms with Gasteiger partial charge in [0.05, 0.1) is 11.4 Å². The van der Waals surface area contributed by atoms with E-state index in [2.05, 4.69) is 10.3 Å². The summed E-state index contributed by atoms with van der Waals surface area (Å²) in [7, 11) is -0.475. The van der Waals surface area contributed by atoms with Gasteiger partial charge >= 0.3 is 0 Å². The highest BCUT2D eigenvalue weighted by atomic mass is 32.2. The summed E-state index contributed by atoms with van der Waals surface area (Å²) in [5.41, 5.74) is 1.28. The Labute approximate surface area is 189 Å². The van der Waals surface area contributed by atoms with Crippen LogP contribution in [0.15, 0.2) is 47.5 Å². The van der Waals surface area contributed by atoms with Crippen molar-refractivity contribution < 1.29 is 18.0 Å². The number of rotatable bonds is 7. The first kappa shape index (κ1) is 23.9. The molecule has 0 aliphatic heterocycles. The molecule has 1 saturated carbocycles. The van der Waals surface area contributed by atoms with Crippen LogP contribution in [0.3, 0.4) is 0 Å². The van der Waals surface area contributed by atoms with Crippen molar-refractivity contribution in [3.05, 3.63) is 53.7 Å². The van der Waals surface area contributed by atoms with E-state index >= 15 is 0 Å². The molecule has 9 heteroatoms. The van der Waals surface area contributed by atoms with Gasteiger partial charge in [-0.2, -0.15) is 4.31 Å². The third kappa shape index (κ3) is 5.72. The molecule has 0 bridgehead atoms. The number of anilines is 1. The summed E-state index contributed by atoms with van der Waals surface area (Å²) in [6.07, 6.45) is 6.57. The zero-order valence-electron chi connectivity index (χ0n) is 18.7. The Hall–Kier alpha value is -2.78. The van der Waals surface area contributed by atoms with Crippen LogP contribution in [0.4, 0.5) is 5.82 Å². The van der Waals surface area contributed by atoms with E-state index in [1.54, 1.807) is 19.3 Å². The topological polar surface area (TPSA) is 99.7 Å². The maximum absolute atomic E-state index is 13.0. The molecule has 32 heavy (non-hydrogen) atoms. The number of likely N-dealkylation sites (N-methyl/N-ethyl adjacent to an activating group) is 1. The molecule has 8 nitrogen and oxygen atoms in total. The maximum Gasteiger partial charge on any atom is 0.254 e. The fourth-order valence-electron chi connectivity index (χ4n) is 3.87. The minimum absolute atomic E-state index is 0.0163. The molecule has 0 saturated heterocycles. The molecule has 3 rings (SSSR count). The van der Waals surface area contributed by atoms with Gasteiger partial charge in [-0.3, -0.25) is 9.59 Å². The van der Waals surface area contributed by atoms with Gasteiger partial charge in [-0.15, -0.1) is 0 Å². The van der Waals surface area contributed by atoms with Gasteiger partial charge in [-0.05, 0) is 61.7 Å². The van der Waals surface area contributed by atoms with E-state index in [-0.39, 0.29) is 29.3 Å². The minimum Gasteiger partial charge on any atom is -0.332 e. The molecule has 1 aromatic heterocycles. The summed E-state index contributed by atoms with van der Waals surface area (Å²) in [5, 5.41) is 2.66. The van der Waals surface area contributed by atoms with Crippen molar-refractivity contribution in [1.82, 2.24) is 14.2 Å². The van der Waals surface area contributed by atoms with Gasteiger partial charge in [-0.25, -0.2) is 13.4 Å². The molecular weight excluding hydrogens is 428 g/mol. The Bertz CT molecular complexity index is 1060. The summed E-state index contributed by atoms with van der Waals surface area (Å²) < 4.78 is 27.4. The number of carbonyl (C=O) groups excluding carboxylic acids is 2. The normalized spacial score (nSPS) is 14.9. The molecule has 1 aliphatic carbocycles. The van der Waals surface area contributed by atoms with Gasteiger partial charge in [0, 0.05) is 31.9 Å². The van der Waals surface area contributed by atoms with Crippen LogP contribution in [0.5, 0.6) is 0 Å². The van der Waals surface area contributed by atoms with Crippen molar-refractivity contribution in [1.29, 1.82) is 0 Å². The predicted molar refractivity (Wildman–Crippen MR) is 123 cm³/mol. The first-order chi connectivity index (χ1) is 15.2. The molecule has 1 fully saturated rings. The van der Waals surface area contributed by atoms with Gasteiger partial charge in [0.15, 0.2) is 0 Å². The number of amides is 2. The number of nitrogens with one attached hydrogen (secondary N) is 1. The summed E-state index contributed by atoms with van der Waals surface area (Å²) in [6.45, 7) is 1.74. The number of aromatic nitrogens is 1. The largest absolute Gasteiger partial charge is 0.332 e. The highest BCUT2D eigenvalue weighted by molar-refractivity contribution is 7.89. The summed E-state index contributed by atoms with van der Waals surface area (Å²) >= 11 is 0. The molecule has 0 atom stereocenters. The summed E-state index contributed by atoms with van der Waals surface area (Å²) in [6, 6.07) is 9.45. The Morgan fingerprint density at radius 2 is 1.72 bits per heavy atom. The zero-order chi connectivity index (χ0) is 23.3. The molecule has 1 heterocycles. The maximum atomic E-state index is 13.0. The number of benzene rings is 1. The molecule has 2 aromatic rings. The lowest BCUT2D eigenvalue weighted by molar-refractivity contribution is -0.116. The van der Waals surface area contributed by atoms with Crippen LogP contribution in [-0.4, -0.2) is 61.1 Å². The highest BCUT2D eigenvalue weighted by Crippen LogP contribution is 2.26. The van der Waals surface area contributed by atoms with E-state index in [1.807, 2.05) is 13.0 Å². The fourth-order valence-corrected chi connectivity index (χ4v) is 5.29. The number of sulfonamides is 1. The third-order valence-electron chi connectivity index (χ3n) is 5.78. The highest BCUT2D eigenvalue weighted by Gasteiger charge is 2.29. The average Bonchev–Trinajstić information content (AvgIpc) is 2.78. The van der Waals surface area contributed by atoms with Crippen molar-refractivity contribution >= 4 is 27.7 Å². The van der Waals surface area contributed by atoms with Crippen molar-refractivity contribution in [2.45, 2.75) is 50.0 Å². The second-order valence-electron chi connectivity index (χ2n) is 8.27. The molecule has 1 N–H and O–H groups in total. The first-order valence-electron chi connectivity index (χ1n) is 10.7. The molecule has 0 unspecified atom stereocenters. The van der Waals surface area contributed by atoms with E-state index in [0.717, 1.165) is 37.7 Å². The smallest absolute Gasteiger partial charge is 0.254 e. The lowest BCUT2D eigenvalue weighted by Crippen LogP contribution is -2.38. The quantitative estimate of drug-likeness (QED) is 0.687. The summed E-state index contributed by atoms with van der Waals surface area (Å²) in [4.78, 5) is 30.5. The molecule has 172 valence electrons. The fraction of sp³-hybridized carbons (Fsp3) is 0.435. The Kier molecular flexibility index (Phi) is 7.63. The standard InChI is InChI=1S/C23H30N4O4S/c1-17-13-14-24-21(15-17)25-22(28)16-26(2)23(29)18-9-11-20(12-10-18)32(30,31)27(3)19-7-5-4-6-8-19/h9-15,19H,4-8,16H2,1-3H3,(H,24,25,28). The van der Waals surface area contributed by atoms with Crippen LogP contribution in [0, 0.1) is 6.92 Å². The lowest BCUT2D eigenvalue weighted by Gasteiger charge is -2.30. The van der Waals surface area contributed by atoms with Gasteiger partial charge < -0.3 is 10.2 Å². The number of carbonyl (C=O) groups is 2. The average molecular weight is 459 g/mol. The minimum atomic E-state index is -3.62. The molecular formula is C23H30N4O4S. The second-order valence-corrected chi connectivity index (χ2v) is 10.3. The number of hydrogen-bond acceptors (Lipinski definition) is 5. The van der Waals surface area contributed by atoms with Crippen molar-refractivity contribution in [3.8, 4) is 0 Å². The molecule has 1 aliphatic rings. The SMILES string of the molecule is Cc1ccnc(NC(=O)CN(C)C(=O)c2ccc(S(=O)(=O)N(C)C3CCCCC3)cc2)c1. The Morgan fingerprint density at radius 1 is 1.06 bits per heavy atom. The van der Waals surface area contributed by atoms with E-state index in [4.69, 9.17) is 0 Å². The molecule has 0 radical (unpaired) electrons. The zero-order valence-corrected chi connectivity index (χ0v) is 19.6. The van der Waals surface area contributed by atoms with Crippen LogP contribution >= 0.6 is 0 Å². The molecule has 0 spiro atoms. The van der Waals surface area contributed by atoms with Gasteiger partial charge in [0.2, 0.25) is 15.9 Å². The number of hydrogen-bond donors (Lipinski definition) is 1. The van der Waals surface area contributed by atoms with E-state index in [1.165, 1.54) is 40.5 Å². The van der Waals surface area contributed by atoms with Crippen molar-refractivity contribution in [2.75, 3.05) is 26.0 Å². The summed E-state index contributed by atoms with van der Waals surface area (Å²) in [5.74, 6) is -0.318. The van der Waals surface area contributed by atoms with Crippen molar-refractivity contribution in [2.24, 2.45) is 0 Å². The van der Waals surface area contributed by atoms with E-state index < -0.39 is 10.0 Å². The van der Waals surface area contributed by atoms with Gasteiger partial charge in [0.1, 0.15) is 5.82 Å². The first-order valence-corrected chi connectivity index (χ1v) is 12.2. The van der Waals surface area contributed by atoms with Crippen LogP contribution in [-0.2, 0) is 14.8 Å². The Balaban J connectivity index is 1.62. The monoisotopic (exact) mass is 458 g/mol. The molecule has 2 amide bonds. The lowest BCUT2D eigenvalue weighted by atomic mass is 9.96. The number of aryl methyl sites for hydroxylation is 1. The van der Waals surface area contributed by atoms with Crippen LogP contribution in [0.25, 0.3) is 0 Å². The van der Waals surface area contributed by atoms with Gasteiger partial charge in [-0.1, -0.05) is 19.3 Å². The third-order valence-corrected chi connectivity index (χ3v) is 7.70. The number of pyridine rings is 1. The van der Waals surface area contributed by atoms with Crippen molar-refractivity contribution in [3.63, 3.8) is 0 Å². The molecule has 1 aromatic carbocycles. The number of nitrogens with zero attached hydrogens (tertiary/aromatic N) is 3. The van der Waals surface area contributed by atoms with E-state index in [9.17, 15) is 18.0 Å². The van der Waals surface area contributed by atoms with Crippen LogP contribution in [0.2, 0.25) is 0 Å². The van der Waals surface area contributed by atoms with E-state index in [0.29, 0.717) is 11.4 Å². The van der Waals surface area contributed by atoms with Crippen LogP contribution < -0.4 is 5.32 Å². The van der Waals surface area contributed by atoms with Crippen LogP contribution in [0.1, 0.15) is 48.0 Å².